The highest BCUT2D eigenvalue weighted by Gasteiger charge is 2.33. The number of nitrogens with zero attached hydrogens (tertiary/aromatic N) is 1. The van der Waals surface area contributed by atoms with E-state index in [-0.39, 0.29) is 12.1 Å². The average molecular weight is 400 g/mol. The van der Waals surface area contributed by atoms with Gasteiger partial charge < -0.3 is 5.32 Å². The van der Waals surface area contributed by atoms with Gasteiger partial charge in [0.2, 0.25) is 15.9 Å². The summed E-state index contributed by atoms with van der Waals surface area (Å²) in [7, 11) is -3.81. The van der Waals surface area contributed by atoms with Gasteiger partial charge in [-0.3, -0.25) is 9.10 Å². The average Bonchev–Trinajstić information content (AvgIpc) is 2.58. The molecule has 0 aliphatic heterocycles. The van der Waals surface area contributed by atoms with E-state index < -0.39 is 33.7 Å². The predicted octanol–water partition coefficient (Wildman–Crippen LogP) is 3.89. The molecule has 0 aliphatic carbocycles. The Hall–Kier alpha value is -2.55. The molecule has 0 spiro atoms. The molecule has 27 heavy (non-hydrogen) atoms. The molecule has 0 saturated carbocycles. The lowest BCUT2D eigenvalue weighted by atomic mass is 10.1. The normalized spacial score (nSPS) is 13.1. The number of nitrogens with one attached hydrogen (secondary N) is 1. The lowest BCUT2D eigenvalue weighted by molar-refractivity contribution is -0.137. The molecule has 0 bridgehead atoms. The number of sulfonamides is 1. The molecule has 0 aromatic heterocycles. The first-order chi connectivity index (χ1) is 12.5. The summed E-state index contributed by atoms with van der Waals surface area (Å²) in [5, 5.41) is 2.38. The van der Waals surface area contributed by atoms with Crippen LogP contribution in [0.1, 0.15) is 18.9 Å². The fourth-order valence-corrected chi connectivity index (χ4v) is 3.85. The molecule has 9 heteroatoms. The maximum atomic E-state index is 12.8. The zero-order valence-electron chi connectivity index (χ0n) is 14.7. The van der Waals surface area contributed by atoms with Gasteiger partial charge in [-0.1, -0.05) is 31.2 Å². The zero-order valence-corrected chi connectivity index (χ0v) is 15.5. The van der Waals surface area contributed by atoms with Gasteiger partial charge in [0.25, 0.3) is 0 Å². The van der Waals surface area contributed by atoms with Crippen molar-refractivity contribution in [3.8, 4) is 0 Å². The topological polar surface area (TPSA) is 66.5 Å². The van der Waals surface area contributed by atoms with E-state index in [2.05, 4.69) is 5.32 Å². The summed E-state index contributed by atoms with van der Waals surface area (Å²) in [4.78, 5) is 12.7. The second-order valence-electron chi connectivity index (χ2n) is 5.89. The molecule has 0 saturated heterocycles. The van der Waals surface area contributed by atoms with Crippen LogP contribution in [0.5, 0.6) is 0 Å². The van der Waals surface area contributed by atoms with E-state index in [9.17, 15) is 26.4 Å². The van der Waals surface area contributed by atoms with Gasteiger partial charge >= 0.3 is 6.18 Å². The first kappa shape index (κ1) is 20.8. The van der Waals surface area contributed by atoms with E-state index in [4.69, 9.17) is 0 Å². The van der Waals surface area contributed by atoms with Crippen LogP contribution in [0, 0.1) is 0 Å². The summed E-state index contributed by atoms with van der Waals surface area (Å²) < 4.78 is 64.0. The summed E-state index contributed by atoms with van der Waals surface area (Å²) in [6, 6.07) is 11.1. The minimum Gasteiger partial charge on any atom is -0.324 e. The smallest absolute Gasteiger partial charge is 0.324 e. The van der Waals surface area contributed by atoms with Gasteiger partial charge in [0.1, 0.15) is 6.04 Å². The molecule has 146 valence electrons. The number of para-hydroxylation sites is 1. The van der Waals surface area contributed by atoms with Crippen LogP contribution >= 0.6 is 0 Å². The van der Waals surface area contributed by atoms with Crippen molar-refractivity contribution in [3.05, 3.63) is 60.2 Å². The molecular formula is C18H19F3N2O3S. The van der Waals surface area contributed by atoms with Crippen molar-refractivity contribution < 1.29 is 26.4 Å². The highest BCUT2D eigenvalue weighted by molar-refractivity contribution is 7.92. The predicted molar refractivity (Wildman–Crippen MR) is 97.9 cm³/mol. The minimum absolute atomic E-state index is 0.0604. The van der Waals surface area contributed by atoms with Crippen LogP contribution in [0.2, 0.25) is 0 Å². The van der Waals surface area contributed by atoms with Crippen molar-refractivity contribution in [1.29, 1.82) is 0 Å². The summed E-state index contributed by atoms with van der Waals surface area (Å²) in [6.45, 7) is 1.62. The van der Waals surface area contributed by atoms with Gasteiger partial charge in [0.05, 0.1) is 17.5 Å². The van der Waals surface area contributed by atoms with E-state index in [1.54, 1.807) is 37.3 Å². The fourth-order valence-electron chi connectivity index (χ4n) is 2.63. The Balaban J connectivity index is 2.34. The second kappa shape index (κ2) is 7.99. The van der Waals surface area contributed by atoms with Crippen molar-refractivity contribution in [2.24, 2.45) is 0 Å². The summed E-state index contributed by atoms with van der Waals surface area (Å²) in [5.41, 5.74) is -0.669. The van der Waals surface area contributed by atoms with E-state index in [1.165, 1.54) is 12.1 Å². The summed E-state index contributed by atoms with van der Waals surface area (Å²) >= 11 is 0. The Kier molecular flexibility index (Phi) is 6.15. The van der Waals surface area contributed by atoms with Crippen molar-refractivity contribution in [2.75, 3.05) is 15.9 Å². The number of halogens is 3. The first-order valence-corrected chi connectivity index (χ1v) is 9.91. The van der Waals surface area contributed by atoms with Crippen LogP contribution in [-0.4, -0.2) is 26.6 Å². The number of alkyl halides is 3. The fraction of sp³-hybridized carbons (Fsp3) is 0.278. The molecule has 2 aromatic rings. The maximum Gasteiger partial charge on any atom is 0.416 e. The largest absolute Gasteiger partial charge is 0.416 e. The number of rotatable bonds is 6. The van der Waals surface area contributed by atoms with Crippen LogP contribution < -0.4 is 9.62 Å². The molecule has 1 N–H and O–H groups in total. The number of hydrogen-bond donors (Lipinski definition) is 1. The number of carbonyl (C=O) groups excluding carboxylic acids is 1. The molecular weight excluding hydrogens is 381 g/mol. The van der Waals surface area contributed by atoms with Crippen LogP contribution in [0.3, 0.4) is 0 Å². The first-order valence-electron chi connectivity index (χ1n) is 8.06. The monoisotopic (exact) mass is 400 g/mol. The lowest BCUT2D eigenvalue weighted by Gasteiger charge is -2.30. The van der Waals surface area contributed by atoms with Crippen molar-refractivity contribution in [2.45, 2.75) is 25.6 Å². The van der Waals surface area contributed by atoms with E-state index in [0.29, 0.717) is 5.69 Å². The molecule has 0 aliphatic rings. The Morgan fingerprint density at radius 1 is 1.11 bits per heavy atom. The third kappa shape index (κ3) is 5.22. The van der Waals surface area contributed by atoms with Gasteiger partial charge in [0, 0.05) is 5.69 Å². The van der Waals surface area contributed by atoms with Gasteiger partial charge in [0.15, 0.2) is 0 Å². The molecule has 1 atom stereocenters. The quantitative estimate of drug-likeness (QED) is 0.800. The highest BCUT2D eigenvalue weighted by atomic mass is 32.2. The molecule has 2 rings (SSSR count). The van der Waals surface area contributed by atoms with Crippen molar-refractivity contribution in [1.82, 2.24) is 0 Å². The highest BCUT2D eigenvalue weighted by Crippen LogP contribution is 2.31. The van der Waals surface area contributed by atoms with Crippen molar-refractivity contribution in [3.63, 3.8) is 0 Å². The van der Waals surface area contributed by atoms with Crippen LogP contribution in [0.25, 0.3) is 0 Å². The minimum atomic E-state index is -4.55. The van der Waals surface area contributed by atoms with Gasteiger partial charge in [-0.2, -0.15) is 13.2 Å². The number of amides is 1. The van der Waals surface area contributed by atoms with Crippen LogP contribution in [-0.2, 0) is 21.0 Å². The standard InChI is InChI=1S/C18H19F3N2O3S/c1-3-16(23(27(2,25)26)15-10-5-4-6-11-15)17(24)22-14-9-7-8-13(12-14)18(19,20)21/h4-12,16H,3H2,1-2H3,(H,22,24)/t16-/m0/s1. The van der Waals surface area contributed by atoms with Gasteiger partial charge in [-0.15, -0.1) is 0 Å². The molecule has 5 nitrogen and oxygen atoms in total. The molecule has 1 amide bonds. The van der Waals surface area contributed by atoms with Gasteiger partial charge in [-0.25, -0.2) is 8.42 Å². The SMILES string of the molecule is CC[C@@H](C(=O)Nc1cccc(C(F)(F)F)c1)N(c1ccccc1)S(C)(=O)=O. The number of hydrogen-bond acceptors (Lipinski definition) is 3. The molecule has 0 heterocycles. The van der Waals surface area contributed by atoms with Crippen LogP contribution in [0.4, 0.5) is 24.5 Å². The van der Waals surface area contributed by atoms with Gasteiger partial charge in [-0.05, 0) is 36.8 Å². The van der Waals surface area contributed by atoms with Crippen LogP contribution in [0.15, 0.2) is 54.6 Å². The number of anilines is 2. The van der Waals surface area contributed by atoms with E-state index in [1.807, 2.05) is 0 Å². The molecule has 0 fully saturated rings. The maximum absolute atomic E-state index is 12.8. The molecule has 2 aromatic carbocycles. The Morgan fingerprint density at radius 2 is 1.74 bits per heavy atom. The molecule has 0 radical (unpaired) electrons. The van der Waals surface area contributed by atoms with E-state index >= 15 is 0 Å². The molecule has 0 unspecified atom stereocenters. The summed E-state index contributed by atoms with van der Waals surface area (Å²) in [5.74, 6) is -0.717. The second-order valence-corrected chi connectivity index (χ2v) is 7.75. The Bertz CT molecular complexity index is 900. The van der Waals surface area contributed by atoms with Crippen molar-refractivity contribution >= 4 is 27.3 Å². The Morgan fingerprint density at radius 3 is 2.26 bits per heavy atom. The zero-order chi connectivity index (χ0) is 20.2. The Labute approximate surface area is 155 Å². The summed E-state index contributed by atoms with van der Waals surface area (Å²) in [6.07, 6.45) is -3.44. The third-order valence-corrected chi connectivity index (χ3v) is 4.98. The third-order valence-electron chi connectivity index (χ3n) is 3.80. The number of benzene rings is 2. The lowest BCUT2D eigenvalue weighted by Crippen LogP contribution is -2.47. The number of carbonyl (C=O) groups is 1. The van der Waals surface area contributed by atoms with E-state index in [0.717, 1.165) is 22.7 Å².